The fraction of sp³-hybridized carbons (Fsp3) is 0.135. The highest BCUT2D eigenvalue weighted by Crippen LogP contribution is 2.33. The van der Waals surface area contributed by atoms with E-state index < -0.39 is 0 Å². The third-order valence-corrected chi connectivity index (χ3v) is 6.77. The number of benzene rings is 3. The van der Waals surface area contributed by atoms with Crippen LogP contribution in [0.3, 0.4) is 0 Å². The highest BCUT2D eigenvalue weighted by molar-refractivity contribution is 6.05. The molecular formula is C37H37N3. The molecule has 0 aliphatic heterocycles. The topological polar surface area (TPSA) is 29.9 Å². The van der Waals surface area contributed by atoms with Crippen molar-refractivity contribution in [1.82, 2.24) is 15.1 Å². The molecule has 0 saturated carbocycles. The fourth-order valence-corrected chi connectivity index (χ4v) is 4.72. The first-order chi connectivity index (χ1) is 19.5. The number of nitrogens with zero attached hydrogens (tertiary/aromatic N) is 2. The zero-order valence-electron chi connectivity index (χ0n) is 23.7. The van der Waals surface area contributed by atoms with E-state index in [1.54, 1.807) is 6.20 Å². The molecular weight excluding hydrogens is 486 g/mol. The summed E-state index contributed by atoms with van der Waals surface area (Å²) in [5.41, 5.74) is 13.7. The van der Waals surface area contributed by atoms with Gasteiger partial charge in [0.1, 0.15) is 0 Å². The van der Waals surface area contributed by atoms with Crippen LogP contribution in [0.25, 0.3) is 22.8 Å². The number of nitrogens with one attached hydrogen (secondary N) is 1. The second kappa shape index (κ2) is 13.8. The first-order valence-corrected chi connectivity index (χ1v) is 13.6. The predicted octanol–water partition coefficient (Wildman–Crippen LogP) is 9.10. The summed E-state index contributed by atoms with van der Waals surface area (Å²) in [6.45, 7) is 15.4. The van der Waals surface area contributed by atoms with Crippen molar-refractivity contribution < 1.29 is 0 Å². The minimum absolute atomic E-state index is 0.547. The molecule has 1 heterocycles. The molecule has 0 spiro atoms. The second-order valence-corrected chi connectivity index (χ2v) is 9.66. The smallest absolute Gasteiger partial charge is 0.0815 e. The van der Waals surface area contributed by atoms with Crippen LogP contribution in [0.15, 0.2) is 140 Å². The molecule has 0 aliphatic carbocycles. The van der Waals surface area contributed by atoms with Crippen molar-refractivity contribution in [3.05, 3.63) is 168 Å². The SMILES string of the molecule is C=C=C/C(=C(/Cn1cccn1)N/C(C)=C(/C(=C)c1ccccc1)c1ccccc1)c1ccc(C)c(/C=C\CC)c1. The van der Waals surface area contributed by atoms with Gasteiger partial charge in [-0.15, -0.1) is 5.73 Å². The summed E-state index contributed by atoms with van der Waals surface area (Å²) < 4.78 is 1.92. The van der Waals surface area contributed by atoms with Gasteiger partial charge in [0, 0.05) is 34.9 Å². The number of aromatic nitrogens is 2. The van der Waals surface area contributed by atoms with E-state index in [1.807, 2.05) is 47.3 Å². The normalized spacial score (nSPS) is 12.4. The van der Waals surface area contributed by atoms with E-state index in [0.29, 0.717) is 6.54 Å². The quantitative estimate of drug-likeness (QED) is 0.157. The molecule has 40 heavy (non-hydrogen) atoms. The van der Waals surface area contributed by atoms with Crippen LogP contribution >= 0.6 is 0 Å². The Balaban J connectivity index is 1.91. The summed E-state index contributed by atoms with van der Waals surface area (Å²) >= 11 is 0. The van der Waals surface area contributed by atoms with Crippen LogP contribution in [0.5, 0.6) is 0 Å². The van der Waals surface area contributed by atoms with Crippen molar-refractivity contribution in [2.75, 3.05) is 0 Å². The summed E-state index contributed by atoms with van der Waals surface area (Å²) in [4.78, 5) is 0. The van der Waals surface area contributed by atoms with E-state index in [0.717, 1.165) is 51.2 Å². The van der Waals surface area contributed by atoms with Crippen molar-refractivity contribution in [3.63, 3.8) is 0 Å². The van der Waals surface area contributed by atoms with Crippen LogP contribution in [0, 0.1) is 6.92 Å². The van der Waals surface area contributed by atoms with Crippen LogP contribution < -0.4 is 5.32 Å². The maximum absolute atomic E-state index is 4.53. The molecule has 0 radical (unpaired) electrons. The molecule has 3 aromatic carbocycles. The monoisotopic (exact) mass is 523 g/mol. The van der Waals surface area contributed by atoms with Crippen LogP contribution in [-0.2, 0) is 6.54 Å². The number of hydrogen-bond acceptors (Lipinski definition) is 2. The van der Waals surface area contributed by atoms with Crippen molar-refractivity contribution in [1.29, 1.82) is 0 Å². The molecule has 200 valence electrons. The van der Waals surface area contributed by atoms with Gasteiger partial charge in [-0.2, -0.15) is 5.10 Å². The second-order valence-electron chi connectivity index (χ2n) is 9.66. The fourth-order valence-electron chi connectivity index (χ4n) is 4.72. The molecule has 3 nitrogen and oxygen atoms in total. The van der Waals surface area contributed by atoms with Gasteiger partial charge in [0.25, 0.3) is 0 Å². The van der Waals surface area contributed by atoms with E-state index in [-0.39, 0.29) is 0 Å². The first kappa shape index (κ1) is 28.2. The number of aryl methyl sites for hydroxylation is 1. The molecule has 0 saturated heterocycles. The van der Waals surface area contributed by atoms with Gasteiger partial charge in [0.15, 0.2) is 0 Å². The largest absolute Gasteiger partial charge is 0.360 e. The summed E-state index contributed by atoms with van der Waals surface area (Å²) in [6, 6.07) is 29.2. The van der Waals surface area contributed by atoms with Crippen LogP contribution in [0.4, 0.5) is 0 Å². The van der Waals surface area contributed by atoms with Gasteiger partial charge in [-0.1, -0.05) is 105 Å². The Morgan fingerprint density at radius 2 is 1.65 bits per heavy atom. The minimum Gasteiger partial charge on any atom is -0.360 e. The lowest BCUT2D eigenvalue weighted by atomic mass is 9.91. The van der Waals surface area contributed by atoms with E-state index in [1.165, 1.54) is 11.1 Å². The van der Waals surface area contributed by atoms with E-state index in [9.17, 15) is 0 Å². The third-order valence-electron chi connectivity index (χ3n) is 6.77. The van der Waals surface area contributed by atoms with Crippen molar-refractivity contribution >= 4 is 22.8 Å². The van der Waals surface area contributed by atoms with Crippen LogP contribution in [0.1, 0.15) is 48.1 Å². The van der Waals surface area contributed by atoms with Crippen LogP contribution in [-0.4, -0.2) is 9.78 Å². The van der Waals surface area contributed by atoms with E-state index in [4.69, 9.17) is 0 Å². The molecule has 1 aromatic heterocycles. The molecule has 4 aromatic rings. The number of hydrogen-bond donors (Lipinski definition) is 1. The molecule has 1 N–H and O–H groups in total. The lowest BCUT2D eigenvalue weighted by Crippen LogP contribution is -2.19. The molecule has 0 atom stereocenters. The molecule has 0 unspecified atom stereocenters. The van der Waals surface area contributed by atoms with Gasteiger partial charge in [-0.25, -0.2) is 0 Å². The summed E-state index contributed by atoms with van der Waals surface area (Å²) in [7, 11) is 0. The Bertz CT molecular complexity index is 1580. The van der Waals surface area contributed by atoms with Gasteiger partial charge in [-0.3, -0.25) is 4.68 Å². The van der Waals surface area contributed by atoms with Gasteiger partial charge in [0.2, 0.25) is 0 Å². The highest BCUT2D eigenvalue weighted by Gasteiger charge is 2.16. The highest BCUT2D eigenvalue weighted by atomic mass is 15.3. The average Bonchev–Trinajstić information content (AvgIpc) is 3.49. The maximum atomic E-state index is 4.53. The van der Waals surface area contributed by atoms with Crippen molar-refractivity contribution in [2.45, 2.75) is 33.7 Å². The molecule has 0 fully saturated rings. The average molecular weight is 524 g/mol. The Morgan fingerprint density at radius 3 is 2.27 bits per heavy atom. The number of allylic oxidation sites excluding steroid dienone is 7. The van der Waals surface area contributed by atoms with Gasteiger partial charge in [-0.05, 0) is 71.9 Å². The zero-order valence-corrected chi connectivity index (χ0v) is 23.7. The van der Waals surface area contributed by atoms with Crippen molar-refractivity contribution in [2.24, 2.45) is 0 Å². The summed E-state index contributed by atoms with van der Waals surface area (Å²) in [6.07, 6.45) is 11.1. The Hall–Kier alpha value is -4.85. The Labute approximate surface area is 238 Å². The number of rotatable bonds is 11. The third kappa shape index (κ3) is 6.96. The van der Waals surface area contributed by atoms with Crippen LogP contribution in [0.2, 0.25) is 0 Å². The van der Waals surface area contributed by atoms with Crippen molar-refractivity contribution in [3.8, 4) is 0 Å². The van der Waals surface area contributed by atoms with E-state index >= 15 is 0 Å². The van der Waals surface area contributed by atoms with Gasteiger partial charge < -0.3 is 5.32 Å². The Kier molecular flexibility index (Phi) is 9.72. The van der Waals surface area contributed by atoms with Gasteiger partial charge >= 0.3 is 0 Å². The Morgan fingerprint density at radius 1 is 0.950 bits per heavy atom. The molecule has 4 rings (SSSR count). The molecule has 0 aliphatic rings. The molecule has 3 heteroatoms. The minimum atomic E-state index is 0.547. The summed E-state index contributed by atoms with van der Waals surface area (Å²) in [5.74, 6) is 0. The lowest BCUT2D eigenvalue weighted by molar-refractivity contribution is 0.651. The standard InChI is InChI=1S/C37H37N3/c1-6-8-17-33-26-34(23-22-28(33)3)35(16-7-2)36(27-40-25-15-24-38-40)39-30(5)37(32-20-13-10-14-21-32)29(4)31-18-11-9-12-19-31/h8-26,39H,2,4,6,27H2,1,3,5H3/b17-8-,36-35+,37-30-. The predicted molar refractivity (Wildman–Crippen MR) is 171 cm³/mol. The van der Waals surface area contributed by atoms with E-state index in [2.05, 4.69) is 117 Å². The lowest BCUT2D eigenvalue weighted by Gasteiger charge is -2.21. The van der Waals surface area contributed by atoms with Gasteiger partial charge in [0.05, 0.1) is 6.54 Å². The molecule has 0 bridgehead atoms. The summed E-state index contributed by atoms with van der Waals surface area (Å²) in [5, 5.41) is 8.29. The zero-order chi connectivity index (χ0) is 28.3. The first-order valence-electron chi connectivity index (χ1n) is 13.6. The molecule has 0 amide bonds. The maximum Gasteiger partial charge on any atom is 0.0815 e.